The Bertz CT molecular complexity index is 1690. The van der Waals surface area contributed by atoms with Crippen molar-refractivity contribution in [3.8, 4) is 11.3 Å². The molecule has 0 saturated carbocycles. The van der Waals surface area contributed by atoms with E-state index in [-0.39, 0.29) is 17.9 Å². The van der Waals surface area contributed by atoms with Crippen LogP contribution in [0.2, 0.25) is 0 Å². The fraction of sp³-hybridized carbons (Fsp3) is 0.160. The molecule has 9 nitrogen and oxygen atoms in total. The molecule has 0 spiro atoms. The Labute approximate surface area is 212 Å². The number of fused-ring (bicyclic) bond motifs is 1. The van der Waals surface area contributed by atoms with Gasteiger partial charge in [0, 0.05) is 28.6 Å². The van der Waals surface area contributed by atoms with Crippen molar-refractivity contribution in [3.63, 3.8) is 0 Å². The van der Waals surface area contributed by atoms with Crippen LogP contribution in [0.1, 0.15) is 30.5 Å². The van der Waals surface area contributed by atoms with Crippen molar-refractivity contribution in [2.75, 3.05) is 6.61 Å². The van der Waals surface area contributed by atoms with Gasteiger partial charge in [-0.3, -0.25) is 19.5 Å². The number of thiazole rings is 1. The summed E-state index contributed by atoms with van der Waals surface area (Å²) in [5.41, 5.74) is 1.05. The van der Waals surface area contributed by atoms with Crippen LogP contribution in [0.4, 0.5) is 5.69 Å². The van der Waals surface area contributed by atoms with Crippen molar-refractivity contribution in [2.24, 2.45) is 4.99 Å². The number of rotatable bonds is 6. The van der Waals surface area contributed by atoms with Crippen LogP contribution in [0.3, 0.4) is 0 Å². The largest absolute Gasteiger partial charge is 0.463 e. The number of aromatic nitrogens is 1. The number of thiophene rings is 1. The minimum atomic E-state index is -0.639. The summed E-state index contributed by atoms with van der Waals surface area (Å²) in [6, 6.07) is 12.6. The van der Waals surface area contributed by atoms with Gasteiger partial charge in [0.25, 0.3) is 11.2 Å². The lowest BCUT2D eigenvalue weighted by molar-refractivity contribution is -0.384. The molecule has 1 aliphatic rings. The Morgan fingerprint density at radius 1 is 1.28 bits per heavy atom. The summed E-state index contributed by atoms with van der Waals surface area (Å²) < 4.78 is 13.1. The molecule has 1 atom stereocenters. The molecule has 5 rings (SSSR count). The van der Waals surface area contributed by atoms with E-state index in [1.54, 1.807) is 44.2 Å². The quantitative estimate of drug-likeness (QED) is 0.215. The van der Waals surface area contributed by atoms with Crippen molar-refractivity contribution in [2.45, 2.75) is 19.9 Å². The molecule has 182 valence electrons. The molecule has 0 amide bonds. The number of benzene rings is 1. The number of nitro benzene ring substituents is 1. The van der Waals surface area contributed by atoms with Gasteiger partial charge in [-0.2, -0.15) is 0 Å². The third kappa shape index (κ3) is 4.23. The van der Waals surface area contributed by atoms with Gasteiger partial charge < -0.3 is 9.15 Å². The van der Waals surface area contributed by atoms with Crippen molar-refractivity contribution < 1.29 is 18.9 Å². The lowest BCUT2D eigenvalue weighted by Crippen LogP contribution is -2.39. The number of nitro groups is 1. The number of ether oxygens (including phenoxy) is 1. The molecule has 36 heavy (non-hydrogen) atoms. The number of nitrogens with zero attached hydrogens (tertiary/aromatic N) is 3. The van der Waals surface area contributed by atoms with Crippen molar-refractivity contribution in [3.05, 3.63) is 106 Å². The maximum atomic E-state index is 13.5. The summed E-state index contributed by atoms with van der Waals surface area (Å²) >= 11 is 2.64. The van der Waals surface area contributed by atoms with Crippen LogP contribution in [0.15, 0.2) is 79.4 Å². The zero-order valence-corrected chi connectivity index (χ0v) is 20.8. The minimum absolute atomic E-state index is 0.0416. The van der Waals surface area contributed by atoms with E-state index in [0.29, 0.717) is 37.7 Å². The first-order valence-electron chi connectivity index (χ1n) is 10.9. The van der Waals surface area contributed by atoms with Gasteiger partial charge in [-0.1, -0.05) is 29.5 Å². The number of carbonyl (C=O) groups excluding carboxylic acids is 1. The highest BCUT2D eigenvalue weighted by Crippen LogP contribution is 2.33. The molecule has 4 aromatic rings. The van der Waals surface area contributed by atoms with Crippen LogP contribution in [0.25, 0.3) is 17.4 Å². The lowest BCUT2D eigenvalue weighted by atomic mass is 10.0. The van der Waals surface area contributed by atoms with E-state index in [9.17, 15) is 19.7 Å². The molecule has 0 fully saturated rings. The Morgan fingerprint density at radius 2 is 2.11 bits per heavy atom. The second-order valence-electron chi connectivity index (χ2n) is 7.83. The zero-order chi connectivity index (χ0) is 25.4. The Balaban J connectivity index is 1.60. The second-order valence-corrected chi connectivity index (χ2v) is 9.82. The molecule has 0 radical (unpaired) electrons. The van der Waals surface area contributed by atoms with Gasteiger partial charge in [0.2, 0.25) is 0 Å². The number of furan rings is 1. The van der Waals surface area contributed by atoms with Crippen LogP contribution < -0.4 is 14.9 Å². The van der Waals surface area contributed by atoms with Gasteiger partial charge in [-0.05, 0) is 37.4 Å². The molecule has 0 N–H and O–H groups in total. The maximum absolute atomic E-state index is 13.5. The third-order valence-corrected chi connectivity index (χ3v) is 7.48. The molecule has 0 saturated heterocycles. The van der Waals surface area contributed by atoms with Crippen LogP contribution in [0.5, 0.6) is 0 Å². The van der Waals surface area contributed by atoms with Gasteiger partial charge >= 0.3 is 5.97 Å². The summed E-state index contributed by atoms with van der Waals surface area (Å²) in [7, 11) is 0. The summed E-state index contributed by atoms with van der Waals surface area (Å²) in [5.74, 6) is 0.351. The van der Waals surface area contributed by atoms with Gasteiger partial charge in [0.05, 0.1) is 27.3 Å². The monoisotopic (exact) mass is 521 g/mol. The standard InChI is InChI=1S/C25H19N3O6S2/c1-3-33-24(30)21-14(2)26-25-27(22(21)19-8-5-11-35-19)23(29)20(36-25)13-17-9-10-18(34-17)15-6-4-7-16(12-15)28(31)32/h4-13,22H,3H2,1-2H3. The number of carbonyl (C=O) groups is 1. The molecular formula is C25H19N3O6S2. The molecule has 0 aliphatic carbocycles. The fourth-order valence-corrected chi connectivity index (χ4v) is 5.85. The number of non-ortho nitro benzene ring substituents is 1. The highest BCUT2D eigenvalue weighted by molar-refractivity contribution is 7.10. The summed E-state index contributed by atoms with van der Waals surface area (Å²) in [4.78, 5) is 42.8. The number of allylic oxidation sites excluding steroid dienone is 1. The average Bonchev–Trinajstić information content (AvgIpc) is 3.60. The average molecular weight is 522 g/mol. The van der Waals surface area contributed by atoms with Crippen LogP contribution in [0, 0.1) is 10.1 Å². The van der Waals surface area contributed by atoms with Gasteiger partial charge in [-0.15, -0.1) is 11.3 Å². The number of hydrogen-bond acceptors (Lipinski definition) is 9. The molecule has 4 heterocycles. The number of hydrogen-bond donors (Lipinski definition) is 0. The first-order chi connectivity index (χ1) is 17.4. The normalized spacial score (nSPS) is 15.5. The lowest BCUT2D eigenvalue weighted by Gasteiger charge is -2.23. The van der Waals surface area contributed by atoms with Crippen LogP contribution in [-0.2, 0) is 9.53 Å². The zero-order valence-electron chi connectivity index (χ0n) is 19.2. The second kappa shape index (κ2) is 9.51. The Morgan fingerprint density at radius 3 is 2.83 bits per heavy atom. The molecule has 3 aromatic heterocycles. The first-order valence-corrected chi connectivity index (χ1v) is 12.6. The highest BCUT2D eigenvalue weighted by atomic mass is 32.1. The van der Waals surface area contributed by atoms with Gasteiger partial charge in [0.15, 0.2) is 4.80 Å². The van der Waals surface area contributed by atoms with E-state index in [1.165, 1.54) is 39.4 Å². The third-order valence-electron chi connectivity index (χ3n) is 5.57. The van der Waals surface area contributed by atoms with Gasteiger partial charge in [-0.25, -0.2) is 9.79 Å². The predicted octanol–water partition coefficient (Wildman–Crippen LogP) is 4.03. The Hall–Kier alpha value is -4.09. The van der Waals surface area contributed by atoms with E-state index in [1.807, 2.05) is 17.5 Å². The van der Waals surface area contributed by atoms with E-state index < -0.39 is 16.9 Å². The topological polar surface area (TPSA) is 117 Å². The fourth-order valence-electron chi connectivity index (χ4n) is 4.00. The summed E-state index contributed by atoms with van der Waals surface area (Å²) in [6.07, 6.45) is 1.61. The Kier molecular flexibility index (Phi) is 6.25. The highest BCUT2D eigenvalue weighted by Gasteiger charge is 2.33. The molecule has 11 heteroatoms. The van der Waals surface area contributed by atoms with E-state index >= 15 is 0 Å². The van der Waals surface area contributed by atoms with Crippen molar-refractivity contribution >= 4 is 40.4 Å². The number of esters is 1. The summed E-state index contributed by atoms with van der Waals surface area (Å²) in [5, 5.41) is 13.0. The van der Waals surface area contributed by atoms with E-state index in [4.69, 9.17) is 9.15 Å². The van der Waals surface area contributed by atoms with E-state index in [0.717, 1.165) is 4.88 Å². The molecule has 1 aliphatic heterocycles. The molecule has 1 unspecified atom stereocenters. The minimum Gasteiger partial charge on any atom is -0.463 e. The SMILES string of the molecule is CCOC(=O)C1=C(C)N=c2sc(=Cc3ccc(-c4cccc([N+](=O)[O-])c4)o3)c(=O)n2C1c1cccs1. The molecule has 0 bridgehead atoms. The van der Waals surface area contributed by atoms with E-state index in [2.05, 4.69) is 4.99 Å². The first kappa shape index (κ1) is 23.6. The predicted molar refractivity (Wildman–Crippen MR) is 136 cm³/mol. The van der Waals surface area contributed by atoms with Crippen LogP contribution in [-0.4, -0.2) is 22.1 Å². The van der Waals surface area contributed by atoms with Crippen molar-refractivity contribution in [1.82, 2.24) is 4.57 Å². The van der Waals surface area contributed by atoms with Crippen molar-refractivity contribution in [1.29, 1.82) is 0 Å². The van der Waals surface area contributed by atoms with Gasteiger partial charge in [0.1, 0.15) is 17.6 Å². The van der Waals surface area contributed by atoms with Crippen LogP contribution >= 0.6 is 22.7 Å². The molecule has 1 aromatic carbocycles. The summed E-state index contributed by atoms with van der Waals surface area (Å²) in [6.45, 7) is 3.68. The smallest absolute Gasteiger partial charge is 0.338 e. The molecular weight excluding hydrogens is 502 g/mol. The maximum Gasteiger partial charge on any atom is 0.338 e.